The van der Waals surface area contributed by atoms with Gasteiger partial charge in [0.05, 0.1) is 6.54 Å². The van der Waals surface area contributed by atoms with Crippen LogP contribution < -0.4 is 0 Å². The molecule has 1 aliphatic heterocycles. The van der Waals surface area contributed by atoms with E-state index in [1.54, 1.807) is 19.0 Å². The molecule has 3 rings (SSSR count). The van der Waals surface area contributed by atoms with E-state index in [-0.39, 0.29) is 30.2 Å². The van der Waals surface area contributed by atoms with Crippen LogP contribution in [0.15, 0.2) is 34.9 Å². The molecule has 2 heterocycles. The molecule has 23 heavy (non-hydrogen) atoms. The van der Waals surface area contributed by atoms with Crippen LogP contribution in [0.3, 0.4) is 0 Å². The molecule has 0 radical (unpaired) electrons. The number of likely N-dealkylation sites (tertiary alicyclic amines) is 1. The van der Waals surface area contributed by atoms with Crippen molar-refractivity contribution in [2.75, 3.05) is 20.6 Å². The monoisotopic (exact) mass is 314 g/mol. The summed E-state index contributed by atoms with van der Waals surface area (Å²) in [5.41, 5.74) is 1.15. The van der Waals surface area contributed by atoms with E-state index in [1.807, 2.05) is 30.3 Å². The Kier molecular flexibility index (Phi) is 4.10. The number of carbonyl (C=O) groups excluding carboxylic acids is 2. The predicted octanol–water partition coefficient (Wildman–Crippen LogP) is 1.29. The highest BCUT2D eigenvalue weighted by atomic mass is 16.5. The van der Waals surface area contributed by atoms with Gasteiger partial charge in [-0.25, -0.2) is 0 Å². The third-order valence-electron chi connectivity index (χ3n) is 3.87. The fraction of sp³-hybridized carbons (Fsp3) is 0.375. The summed E-state index contributed by atoms with van der Waals surface area (Å²) in [7, 11) is 3.22. The quantitative estimate of drug-likeness (QED) is 0.849. The first-order chi connectivity index (χ1) is 11.0. The van der Waals surface area contributed by atoms with Gasteiger partial charge >= 0.3 is 11.8 Å². The SMILES string of the molecule is CN(C)C(=O)c1nc(CN2CC(c3ccccc3)CC2=O)no1. The highest BCUT2D eigenvalue weighted by Crippen LogP contribution is 2.28. The average Bonchev–Trinajstić information content (AvgIpc) is 3.15. The maximum atomic E-state index is 12.2. The molecule has 1 aromatic carbocycles. The molecule has 0 aliphatic carbocycles. The summed E-state index contributed by atoms with van der Waals surface area (Å²) in [4.78, 5) is 31.1. The van der Waals surface area contributed by atoms with Crippen molar-refractivity contribution in [1.82, 2.24) is 19.9 Å². The van der Waals surface area contributed by atoms with Crippen molar-refractivity contribution in [2.45, 2.75) is 18.9 Å². The van der Waals surface area contributed by atoms with E-state index in [4.69, 9.17) is 4.52 Å². The van der Waals surface area contributed by atoms with Crippen LogP contribution in [0.2, 0.25) is 0 Å². The lowest BCUT2D eigenvalue weighted by Gasteiger charge is -2.14. The normalized spacial score (nSPS) is 17.6. The number of rotatable bonds is 4. The van der Waals surface area contributed by atoms with E-state index < -0.39 is 0 Å². The second-order valence-corrected chi connectivity index (χ2v) is 5.80. The molecule has 0 N–H and O–H groups in total. The second kappa shape index (κ2) is 6.20. The number of hydrogen-bond donors (Lipinski definition) is 0. The van der Waals surface area contributed by atoms with Crippen molar-refractivity contribution in [2.24, 2.45) is 0 Å². The molecule has 0 saturated carbocycles. The van der Waals surface area contributed by atoms with Gasteiger partial charge in [0, 0.05) is 33.0 Å². The zero-order chi connectivity index (χ0) is 16.4. The van der Waals surface area contributed by atoms with Crippen LogP contribution in [0.4, 0.5) is 0 Å². The first kappa shape index (κ1) is 15.2. The molecule has 1 unspecified atom stereocenters. The molecule has 2 amide bonds. The molecule has 1 atom stereocenters. The van der Waals surface area contributed by atoms with Crippen LogP contribution in [0.1, 0.15) is 34.4 Å². The highest BCUT2D eigenvalue weighted by molar-refractivity contribution is 5.89. The number of carbonyl (C=O) groups is 2. The Morgan fingerprint density at radius 1 is 1.35 bits per heavy atom. The molecule has 1 saturated heterocycles. The smallest absolute Gasteiger partial charge is 0.316 e. The summed E-state index contributed by atoms with van der Waals surface area (Å²) >= 11 is 0. The molecular formula is C16H18N4O3. The molecule has 0 bridgehead atoms. The standard InChI is InChI=1S/C16H18N4O3/c1-19(2)16(22)15-17-13(18-23-15)10-20-9-12(8-14(20)21)11-6-4-3-5-7-11/h3-7,12H,8-10H2,1-2H3. The van der Waals surface area contributed by atoms with E-state index in [0.717, 1.165) is 5.56 Å². The Morgan fingerprint density at radius 2 is 2.09 bits per heavy atom. The molecule has 7 heteroatoms. The summed E-state index contributed by atoms with van der Waals surface area (Å²) in [6, 6.07) is 9.97. The van der Waals surface area contributed by atoms with E-state index in [1.165, 1.54) is 4.90 Å². The second-order valence-electron chi connectivity index (χ2n) is 5.80. The zero-order valence-corrected chi connectivity index (χ0v) is 13.1. The average molecular weight is 314 g/mol. The molecular weight excluding hydrogens is 296 g/mol. The van der Waals surface area contributed by atoms with Gasteiger partial charge in [0.25, 0.3) is 0 Å². The number of hydrogen-bond acceptors (Lipinski definition) is 5. The third kappa shape index (κ3) is 3.23. The van der Waals surface area contributed by atoms with Gasteiger partial charge in [0.1, 0.15) is 0 Å². The van der Waals surface area contributed by atoms with Crippen LogP contribution >= 0.6 is 0 Å². The minimum absolute atomic E-state index is 0.0590. The van der Waals surface area contributed by atoms with Crippen molar-refractivity contribution >= 4 is 11.8 Å². The Hall–Kier alpha value is -2.70. The Morgan fingerprint density at radius 3 is 2.78 bits per heavy atom. The van der Waals surface area contributed by atoms with Crippen LogP contribution in [-0.4, -0.2) is 52.4 Å². The lowest BCUT2D eigenvalue weighted by atomic mass is 9.99. The van der Waals surface area contributed by atoms with E-state index in [0.29, 0.717) is 18.8 Å². The predicted molar refractivity (Wildman–Crippen MR) is 81.5 cm³/mol. The fourth-order valence-corrected chi connectivity index (χ4v) is 2.64. The van der Waals surface area contributed by atoms with Crippen LogP contribution in [0.25, 0.3) is 0 Å². The maximum Gasteiger partial charge on any atom is 0.316 e. The molecule has 7 nitrogen and oxygen atoms in total. The summed E-state index contributed by atoms with van der Waals surface area (Å²) in [6.45, 7) is 0.876. The molecule has 1 fully saturated rings. The van der Waals surface area contributed by atoms with Crippen molar-refractivity contribution in [1.29, 1.82) is 0 Å². The number of nitrogens with zero attached hydrogens (tertiary/aromatic N) is 4. The Balaban J connectivity index is 1.67. The first-order valence-electron chi connectivity index (χ1n) is 7.41. The fourth-order valence-electron chi connectivity index (χ4n) is 2.64. The van der Waals surface area contributed by atoms with Gasteiger partial charge in [0.15, 0.2) is 5.82 Å². The van der Waals surface area contributed by atoms with Crippen molar-refractivity contribution in [3.05, 3.63) is 47.6 Å². The third-order valence-corrected chi connectivity index (χ3v) is 3.87. The largest absolute Gasteiger partial charge is 0.341 e. The van der Waals surface area contributed by atoms with Crippen LogP contribution in [0, 0.1) is 0 Å². The number of aromatic nitrogens is 2. The summed E-state index contributed by atoms with van der Waals surface area (Å²) in [5, 5.41) is 3.79. The van der Waals surface area contributed by atoms with Crippen molar-refractivity contribution < 1.29 is 14.1 Å². The van der Waals surface area contributed by atoms with Crippen LogP contribution in [-0.2, 0) is 11.3 Å². The Bertz CT molecular complexity index is 711. The lowest BCUT2D eigenvalue weighted by molar-refractivity contribution is -0.128. The van der Waals surface area contributed by atoms with E-state index in [2.05, 4.69) is 10.1 Å². The Labute approximate surface area is 133 Å². The highest BCUT2D eigenvalue weighted by Gasteiger charge is 2.31. The molecule has 1 aromatic heterocycles. The van der Waals surface area contributed by atoms with Crippen molar-refractivity contribution in [3.8, 4) is 0 Å². The van der Waals surface area contributed by atoms with Gasteiger partial charge in [-0.15, -0.1) is 0 Å². The summed E-state index contributed by atoms with van der Waals surface area (Å²) in [6.07, 6.45) is 0.478. The molecule has 0 spiro atoms. The molecule has 1 aliphatic rings. The van der Waals surface area contributed by atoms with Gasteiger partial charge in [-0.1, -0.05) is 35.5 Å². The van der Waals surface area contributed by atoms with Gasteiger partial charge in [-0.05, 0) is 5.56 Å². The molecule has 2 aromatic rings. The van der Waals surface area contributed by atoms with Gasteiger partial charge < -0.3 is 14.3 Å². The first-order valence-corrected chi connectivity index (χ1v) is 7.41. The lowest BCUT2D eigenvalue weighted by Crippen LogP contribution is -2.25. The van der Waals surface area contributed by atoms with E-state index >= 15 is 0 Å². The van der Waals surface area contributed by atoms with Gasteiger partial charge in [-0.3, -0.25) is 9.59 Å². The van der Waals surface area contributed by atoms with Crippen molar-refractivity contribution in [3.63, 3.8) is 0 Å². The van der Waals surface area contributed by atoms with E-state index in [9.17, 15) is 9.59 Å². The molecule has 120 valence electrons. The minimum atomic E-state index is -0.348. The summed E-state index contributed by atoms with van der Waals surface area (Å²) in [5.74, 6) is 0.176. The van der Waals surface area contributed by atoms with Gasteiger partial charge in [-0.2, -0.15) is 4.98 Å². The summed E-state index contributed by atoms with van der Waals surface area (Å²) < 4.78 is 4.95. The van der Waals surface area contributed by atoms with Gasteiger partial charge in [0.2, 0.25) is 5.91 Å². The minimum Gasteiger partial charge on any atom is -0.341 e. The number of amides is 2. The number of benzene rings is 1. The topological polar surface area (TPSA) is 79.5 Å². The zero-order valence-electron chi connectivity index (χ0n) is 13.1. The van der Waals surface area contributed by atoms with Crippen LogP contribution in [0.5, 0.6) is 0 Å². The maximum absolute atomic E-state index is 12.2.